The summed E-state index contributed by atoms with van der Waals surface area (Å²) < 4.78 is 6.82. The van der Waals surface area contributed by atoms with Gasteiger partial charge in [-0.05, 0) is 25.1 Å². The van der Waals surface area contributed by atoms with Crippen LogP contribution in [0.15, 0.2) is 30.5 Å². The van der Waals surface area contributed by atoms with E-state index in [-0.39, 0.29) is 24.0 Å². The molecule has 0 aromatic carbocycles. The van der Waals surface area contributed by atoms with Crippen LogP contribution < -0.4 is 0 Å². The molecule has 0 N–H and O–H groups in total. The number of fused-ring (bicyclic) bond motifs is 1. The lowest BCUT2D eigenvalue weighted by atomic mass is 10.3. The molecule has 0 saturated heterocycles. The van der Waals surface area contributed by atoms with E-state index in [1.165, 1.54) is 24.0 Å². The highest BCUT2D eigenvalue weighted by molar-refractivity contribution is 6.31. The number of rotatable bonds is 6. The van der Waals surface area contributed by atoms with Crippen LogP contribution in [0.1, 0.15) is 19.0 Å². The molecule has 0 radical (unpaired) electrons. The van der Waals surface area contributed by atoms with Gasteiger partial charge in [0, 0.05) is 25.9 Å². The molecule has 0 saturated carbocycles. The summed E-state index contributed by atoms with van der Waals surface area (Å²) in [6.45, 7) is 1.77. The minimum Gasteiger partial charge on any atom is -0.449 e. The fraction of sp³-hybridized carbons (Fsp3) is 0.294. The second kappa shape index (κ2) is 8.31. The van der Waals surface area contributed by atoms with Crippen molar-refractivity contribution in [1.29, 1.82) is 5.26 Å². The zero-order valence-electron chi connectivity index (χ0n) is 13.8. The average molecular weight is 361 g/mol. The van der Waals surface area contributed by atoms with E-state index >= 15 is 0 Å². The summed E-state index contributed by atoms with van der Waals surface area (Å²) in [5.74, 6) is -1.04. The highest BCUT2D eigenvalue weighted by Crippen LogP contribution is 2.18. The van der Waals surface area contributed by atoms with Crippen LogP contribution in [0.2, 0.25) is 5.15 Å². The predicted molar refractivity (Wildman–Crippen MR) is 92.7 cm³/mol. The molecular formula is C17H17ClN4O3. The molecule has 2 heterocycles. The number of nitrogens with zero attached hydrogens (tertiary/aromatic N) is 4. The zero-order valence-corrected chi connectivity index (χ0v) is 14.6. The maximum absolute atomic E-state index is 12.0. The van der Waals surface area contributed by atoms with Gasteiger partial charge in [0.25, 0.3) is 5.91 Å². The van der Waals surface area contributed by atoms with Gasteiger partial charge in [-0.3, -0.25) is 9.20 Å². The highest BCUT2D eigenvalue weighted by Gasteiger charge is 2.20. The van der Waals surface area contributed by atoms with Crippen molar-refractivity contribution in [3.63, 3.8) is 0 Å². The molecule has 2 aromatic rings. The van der Waals surface area contributed by atoms with Crippen molar-refractivity contribution in [2.75, 3.05) is 13.6 Å². The second-order valence-corrected chi connectivity index (χ2v) is 5.66. The summed E-state index contributed by atoms with van der Waals surface area (Å²) in [4.78, 5) is 29.5. The van der Waals surface area contributed by atoms with Crippen LogP contribution in [-0.4, -0.2) is 45.9 Å². The van der Waals surface area contributed by atoms with E-state index in [0.29, 0.717) is 11.3 Å². The zero-order chi connectivity index (χ0) is 18.4. The monoisotopic (exact) mass is 360 g/mol. The molecule has 0 aliphatic heterocycles. The van der Waals surface area contributed by atoms with Crippen LogP contribution in [0.25, 0.3) is 11.7 Å². The van der Waals surface area contributed by atoms with Crippen molar-refractivity contribution in [1.82, 2.24) is 14.3 Å². The second-order valence-electron chi connectivity index (χ2n) is 5.30. The van der Waals surface area contributed by atoms with Gasteiger partial charge in [-0.15, -0.1) is 0 Å². The number of halogens is 1. The fourth-order valence-corrected chi connectivity index (χ4v) is 2.42. The normalized spacial score (nSPS) is 12.1. The molecule has 0 unspecified atom stereocenters. The number of ether oxygens (including phenoxy) is 1. The Bertz CT molecular complexity index is 853. The Labute approximate surface area is 150 Å². The molecule has 0 fully saturated rings. The smallest absolute Gasteiger partial charge is 0.331 e. The molecular weight excluding hydrogens is 344 g/mol. The fourth-order valence-electron chi connectivity index (χ4n) is 2.18. The highest BCUT2D eigenvalue weighted by atomic mass is 35.5. The first kappa shape index (κ1) is 18.5. The van der Waals surface area contributed by atoms with Crippen molar-refractivity contribution < 1.29 is 14.3 Å². The topological polar surface area (TPSA) is 87.7 Å². The molecule has 0 spiro atoms. The number of imidazole rings is 1. The molecule has 2 rings (SSSR count). The number of pyridine rings is 1. The number of nitriles is 1. The third-order valence-electron chi connectivity index (χ3n) is 3.48. The number of carbonyl (C=O) groups is 2. The van der Waals surface area contributed by atoms with Crippen LogP contribution in [0, 0.1) is 11.3 Å². The van der Waals surface area contributed by atoms with Crippen LogP contribution in [0.5, 0.6) is 0 Å². The van der Waals surface area contributed by atoms with Crippen molar-refractivity contribution >= 4 is 35.2 Å². The Morgan fingerprint density at radius 1 is 1.52 bits per heavy atom. The first-order valence-corrected chi connectivity index (χ1v) is 7.95. The molecule has 0 aliphatic rings. The number of likely N-dealkylation sites (N-methyl/N-ethyl adjacent to an activating group) is 1. The van der Waals surface area contributed by atoms with Gasteiger partial charge in [0.15, 0.2) is 11.3 Å². The predicted octanol–water partition coefficient (Wildman–Crippen LogP) is 2.30. The average Bonchev–Trinajstić information content (AvgIpc) is 2.92. The molecule has 1 amide bonds. The summed E-state index contributed by atoms with van der Waals surface area (Å²) in [6.07, 6.45) is 3.73. The number of esters is 1. The van der Waals surface area contributed by atoms with E-state index in [1.54, 1.807) is 23.7 Å². The van der Waals surface area contributed by atoms with Crippen LogP contribution in [-0.2, 0) is 14.3 Å². The Kier molecular flexibility index (Phi) is 6.14. The van der Waals surface area contributed by atoms with Gasteiger partial charge in [-0.2, -0.15) is 5.26 Å². The van der Waals surface area contributed by atoms with Crippen LogP contribution in [0.3, 0.4) is 0 Å². The number of amides is 1. The molecule has 130 valence electrons. The number of hydrogen-bond donors (Lipinski definition) is 0. The Balaban J connectivity index is 2.02. The minimum atomic E-state index is -0.946. The number of carbonyl (C=O) groups excluding carboxylic acids is 2. The third kappa shape index (κ3) is 4.58. The van der Waals surface area contributed by atoms with Crippen molar-refractivity contribution in [2.24, 2.45) is 0 Å². The van der Waals surface area contributed by atoms with E-state index in [9.17, 15) is 9.59 Å². The molecule has 2 aromatic heterocycles. The Hall–Kier alpha value is -2.85. The summed E-state index contributed by atoms with van der Waals surface area (Å²) >= 11 is 6.07. The molecule has 25 heavy (non-hydrogen) atoms. The summed E-state index contributed by atoms with van der Waals surface area (Å²) in [5, 5.41) is 8.80. The van der Waals surface area contributed by atoms with E-state index in [0.717, 1.165) is 0 Å². The van der Waals surface area contributed by atoms with Gasteiger partial charge < -0.3 is 9.64 Å². The number of aromatic nitrogens is 2. The lowest BCUT2D eigenvalue weighted by Crippen LogP contribution is -2.37. The summed E-state index contributed by atoms with van der Waals surface area (Å²) in [7, 11) is 1.55. The van der Waals surface area contributed by atoms with E-state index in [4.69, 9.17) is 21.6 Å². The number of hydrogen-bond acceptors (Lipinski definition) is 5. The van der Waals surface area contributed by atoms with E-state index in [2.05, 4.69) is 4.98 Å². The van der Waals surface area contributed by atoms with Crippen molar-refractivity contribution in [3.05, 3.63) is 41.3 Å². The van der Waals surface area contributed by atoms with Crippen molar-refractivity contribution in [2.45, 2.75) is 19.4 Å². The first-order chi connectivity index (χ1) is 11.9. The quantitative estimate of drug-likeness (QED) is 0.582. The van der Waals surface area contributed by atoms with Crippen LogP contribution >= 0.6 is 11.6 Å². The van der Waals surface area contributed by atoms with E-state index < -0.39 is 12.1 Å². The van der Waals surface area contributed by atoms with Gasteiger partial charge in [0.1, 0.15) is 5.65 Å². The summed E-state index contributed by atoms with van der Waals surface area (Å²) in [5.41, 5.74) is 1.20. The lowest BCUT2D eigenvalue weighted by molar-refractivity contribution is -0.154. The SMILES string of the molecule is C[C@@H](OC(=O)/C=C/c1c(Cl)nc2ccccn12)C(=O)N(C)CCC#N. The Morgan fingerprint density at radius 2 is 2.28 bits per heavy atom. The third-order valence-corrected chi connectivity index (χ3v) is 3.75. The van der Waals surface area contributed by atoms with Crippen molar-refractivity contribution in [3.8, 4) is 6.07 Å². The maximum Gasteiger partial charge on any atom is 0.331 e. The first-order valence-electron chi connectivity index (χ1n) is 7.57. The van der Waals surface area contributed by atoms with Gasteiger partial charge >= 0.3 is 5.97 Å². The van der Waals surface area contributed by atoms with Gasteiger partial charge in [0.2, 0.25) is 0 Å². The van der Waals surface area contributed by atoms with Gasteiger partial charge in [0.05, 0.1) is 18.2 Å². The summed E-state index contributed by atoms with van der Waals surface area (Å²) in [6, 6.07) is 7.39. The maximum atomic E-state index is 12.0. The standard InChI is InChI=1S/C17H17ClN4O3/c1-12(17(24)21(2)10-5-9-19)25-15(23)8-7-13-16(18)20-14-6-3-4-11-22(13)14/h3-4,6-8,11-12H,5,10H2,1-2H3/b8-7+/t12-/m1/s1. The lowest BCUT2D eigenvalue weighted by Gasteiger charge is -2.19. The van der Waals surface area contributed by atoms with E-state index in [1.807, 2.05) is 18.2 Å². The molecule has 0 aliphatic carbocycles. The molecule has 0 bridgehead atoms. The van der Waals surface area contributed by atoms with Gasteiger partial charge in [-0.25, -0.2) is 9.78 Å². The minimum absolute atomic E-state index is 0.218. The Morgan fingerprint density at radius 3 is 3.00 bits per heavy atom. The molecule has 1 atom stereocenters. The van der Waals surface area contributed by atoms with Gasteiger partial charge in [-0.1, -0.05) is 17.7 Å². The van der Waals surface area contributed by atoms with Crippen LogP contribution in [0.4, 0.5) is 0 Å². The molecule has 8 heteroatoms. The largest absolute Gasteiger partial charge is 0.449 e. The molecule has 7 nitrogen and oxygen atoms in total.